The van der Waals surface area contributed by atoms with Gasteiger partial charge in [0.15, 0.2) is 9.84 Å². The summed E-state index contributed by atoms with van der Waals surface area (Å²) in [5.74, 6) is -0.267. The van der Waals surface area contributed by atoms with Crippen molar-refractivity contribution >= 4 is 32.6 Å². The van der Waals surface area contributed by atoms with Crippen LogP contribution < -0.4 is 5.32 Å². The maximum absolute atomic E-state index is 12.9. The Balaban J connectivity index is 0.00000149. The van der Waals surface area contributed by atoms with Gasteiger partial charge in [-0.2, -0.15) is 0 Å². The van der Waals surface area contributed by atoms with E-state index < -0.39 is 15.1 Å². The number of nitrogens with zero attached hydrogens (tertiary/aromatic N) is 2. The molecule has 0 aliphatic carbocycles. The summed E-state index contributed by atoms with van der Waals surface area (Å²) < 4.78 is 25.9. The normalized spacial score (nSPS) is 14.5. The molecular formula is C24H30N4O4S. The van der Waals surface area contributed by atoms with E-state index in [0.717, 1.165) is 16.5 Å². The van der Waals surface area contributed by atoms with Gasteiger partial charge in [0.05, 0.1) is 10.1 Å². The Bertz CT molecular complexity index is 1180. The van der Waals surface area contributed by atoms with Gasteiger partial charge in [0.25, 0.3) is 5.91 Å². The largest absolute Gasteiger partial charge is 0.350 e. The first-order valence-corrected chi connectivity index (χ1v) is 12.7. The van der Waals surface area contributed by atoms with Crippen LogP contribution in [0.1, 0.15) is 49.7 Å². The summed E-state index contributed by atoms with van der Waals surface area (Å²) in [4.78, 5) is 32.9. The van der Waals surface area contributed by atoms with Gasteiger partial charge in [-0.15, -0.1) is 0 Å². The molecule has 0 bridgehead atoms. The number of sulfone groups is 1. The van der Waals surface area contributed by atoms with Gasteiger partial charge in [-0.1, -0.05) is 26.0 Å². The van der Waals surface area contributed by atoms with E-state index in [9.17, 15) is 18.0 Å². The number of aromatic amines is 1. The molecule has 1 aliphatic heterocycles. The molecule has 2 amide bonds. The van der Waals surface area contributed by atoms with E-state index in [2.05, 4.69) is 15.3 Å². The summed E-state index contributed by atoms with van der Waals surface area (Å²) in [6, 6.07) is 10.1. The fourth-order valence-corrected chi connectivity index (χ4v) is 5.57. The number of aromatic nitrogens is 2. The predicted molar refractivity (Wildman–Crippen MR) is 128 cm³/mol. The summed E-state index contributed by atoms with van der Waals surface area (Å²) in [6.45, 7) is 6.71. The van der Waals surface area contributed by atoms with Gasteiger partial charge in [0.1, 0.15) is 5.69 Å². The van der Waals surface area contributed by atoms with Crippen LogP contribution in [0.25, 0.3) is 10.9 Å². The summed E-state index contributed by atoms with van der Waals surface area (Å²) in [7, 11) is -3.45. The van der Waals surface area contributed by atoms with Crippen LogP contribution in [0.2, 0.25) is 0 Å². The van der Waals surface area contributed by atoms with Gasteiger partial charge in [-0.3, -0.25) is 14.6 Å². The second kappa shape index (κ2) is 10.6. The fourth-order valence-electron chi connectivity index (χ4n) is 3.84. The summed E-state index contributed by atoms with van der Waals surface area (Å²) in [5.41, 5.74) is 2.08. The molecule has 3 heterocycles. The molecular weight excluding hydrogens is 440 g/mol. The second-order valence-corrected chi connectivity index (χ2v) is 9.95. The van der Waals surface area contributed by atoms with E-state index in [1.54, 1.807) is 53.7 Å². The number of hydrogen-bond acceptors (Lipinski definition) is 5. The van der Waals surface area contributed by atoms with E-state index in [1.165, 1.54) is 6.92 Å². The van der Waals surface area contributed by atoms with Gasteiger partial charge >= 0.3 is 0 Å². The molecule has 1 saturated heterocycles. The summed E-state index contributed by atoms with van der Waals surface area (Å²) in [5, 5.41) is 3.21. The molecule has 0 spiro atoms. The lowest BCUT2D eigenvalue weighted by Gasteiger charge is -2.31. The summed E-state index contributed by atoms with van der Waals surface area (Å²) in [6.07, 6.45) is 4.23. The van der Waals surface area contributed by atoms with Crippen molar-refractivity contribution in [2.24, 2.45) is 0 Å². The number of pyridine rings is 1. The molecule has 1 aliphatic rings. The Labute approximate surface area is 194 Å². The van der Waals surface area contributed by atoms with Crippen molar-refractivity contribution in [3.05, 3.63) is 60.0 Å². The molecule has 2 aromatic heterocycles. The predicted octanol–water partition coefficient (Wildman–Crippen LogP) is 3.30. The standard InChI is InChI=1S/C22H24N4O4S.C2H6/c1-15(27)26-10-7-19(8-11-26)31(29,30)18-4-2-16(3-5-18)13-24-22(28)21-12-17-14-23-9-6-20(17)25-21;1-2/h2-6,9,12,14,19,25H,7-8,10-11,13H2,1H3,(H,24,28);1-2H3. The van der Waals surface area contributed by atoms with Crippen molar-refractivity contribution < 1.29 is 18.0 Å². The highest BCUT2D eigenvalue weighted by Gasteiger charge is 2.31. The van der Waals surface area contributed by atoms with Crippen molar-refractivity contribution in [2.75, 3.05) is 13.1 Å². The highest BCUT2D eigenvalue weighted by molar-refractivity contribution is 7.92. The zero-order valence-corrected chi connectivity index (χ0v) is 20.0. The number of piperidine rings is 1. The average Bonchev–Trinajstić information content (AvgIpc) is 3.28. The number of H-pyrrole nitrogens is 1. The second-order valence-electron chi connectivity index (χ2n) is 7.72. The molecule has 0 unspecified atom stereocenters. The van der Waals surface area contributed by atoms with Crippen LogP contribution in [-0.2, 0) is 21.2 Å². The number of amides is 2. The topological polar surface area (TPSA) is 112 Å². The minimum Gasteiger partial charge on any atom is -0.350 e. The first-order chi connectivity index (χ1) is 15.8. The zero-order valence-electron chi connectivity index (χ0n) is 19.2. The average molecular weight is 471 g/mol. The highest BCUT2D eigenvalue weighted by atomic mass is 32.2. The van der Waals surface area contributed by atoms with Crippen LogP contribution in [-0.4, -0.2) is 53.4 Å². The minimum absolute atomic E-state index is 0.0219. The van der Waals surface area contributed by atoms with Crippen LogP contribution >= 0.6 is 0 Å². The quantitative estimate of drug-likeness (QED) is 0.594. The zero-order chi connectivity index (χ0) is 24.0. The first kappa shape index (κ1) is 24.4. The number of benzene rings is 1. The Morgan fingerprint density at radius 1 is 1.12 bits per heavy atom. The molecule has 0 radical (unpaired) electrons. The van der Waals surface area contributed by atoms with Crippen molar-refractivity contribution in [1.82, 2.24) is 20.2 Å². The molecule has 0 atom stereocenters. The first-order valence-electron chi connectivity index (χ1n) is 11.1. The lowest BCUT2D eigenvalue weighted by molar-refractivity contribution is -0.129. The number of carbonyl (C=O) groups is 2. The van der Waals surface area contributed by atoms with Crippen LogP contribution in [0.15, 0.2) is 53.7 Å². The van der Waals surface area contributed by atoms with Gasteiger partial charge < -0.3 is 15.2 Å². The Hall–Kier alpha value is -3.20. The van der Waals surface area contributed by atoms with Crippen molar-refractivity contribution in [3.8, 4) is 0 Å². The van der Waals surface area contributed by atoms with E-state index in [0.29, 0.717) is 31.6 Å². The molecule has 1 fully saturated rings. The van der Waals surface area contributed by atoms with E-state index in [1.807, 2.05) is 13.8 Å². The van der Waals surface area contributed by atoms with Crippen molar-refractivity contribution in [3.63, 3.8) is 0 Å². The third-order valence-electron chi connectivity index (χ3n) is 5.70. The number of nitrogens with one attached hydrogen (secondary N) is 2. The van der Waals surface area contributed by atoms with E-state index in [4.69, 9.17) is 0 Å². The Kier molecular flexibility index (Phi) is 7.86. The van der Waals surface area contributed by atoms with Crippen molar-refractivity contribution in [2.45, 2.75) is 50.3 Å². The van der Waals surface area contributed by atoms with Crippen LogP contribution in [0.4, 0.5) is 0 Å². The Morgan fingerprint density at radius 2 is 1.79 bits per heavy atom. The molecule has 33 heavy (non-hydrogen) atoms. The molecule has 4 rings (SSSR count). The monoisotopic (exact) mass is 470 g/mol. The molecule has 8 nitrogen and oxygen atoms in total. The SMILES string of the molecule is CC.CC(=O)N1CCC(S(=O)(=O)c2ccc(CNC(=O)c3cc4cnccc4[nH]3)cc2)CC1. The molecule has 176 valence electrons. The third-order valence-corrected chi connectivity index (χ3v) is 7.98. The number of likely N-dealkylation sites (tertiary alicyclic amines) is 1. The molecule has 0 saturated carbocycles. The number of carbonyl (C=O) groups excluding carboxylic acids is 2. The number of hydrogen-bond donors (Lipinski definition) is 2. The van der Waals surface area contributed by atoms with E-state index >= 15 is 0 Å². The summed E-state index contributed by atoms with van der Waals surface area (Å²) >= 11 is 0. The highest BCUT2D eigenvalue weighted by Crippen LogP contribution is 2.25. The van der Waals surface area contributed by atoms with E-state index in [-0.39, 0.29) is 23.3 Å². The molecule has 1 aromatic carbocycles. The maximum atomic E-state index is 12.9. The number of rotatable bonds is 5. The van der Waals surface area contributed by atoms with Crippen molar-refractivity contribution in [1.29, 1.82) is 0 Å². The van der Waals surface area contributed by atoms with Gasteiger partial charge in [0.2, 0.25) is 5.91 Å². The lowest BCUT2D eigenvalue weighted by Crippen LogP contribution is -2.41. The van der Waals surface area contributed by atoms with Crippen LogP contribution in [0, 0.1) is 0 Å². The van der Waals surface area contributed by atoms with Gasteiger partial charge in [-0.25, -0.2) is 8.42 Å². The van der Waals surface area contributed by atoms with Gasteiger partial charge in [-0.05, 0) is 42.7 Å². The van der Waals surface area contributed by atoms with Crippen LogP contribution in [0.5, 0.6) is 0 Å². The minimum atomic E-state index is -3.45. The third kappa shape index (κ3) is 5.60. The molecule has 2 N–H and O–H groups in total. The maximum Gasteiger partial charge on any atom is 0.267 e. The lowest BCUT2D eigenvalue weighted by atomic mass is 10.1. The van der Waals surface area contributed by atoms with Crippen LogP contribution in [0.3, 0.4) is 0 Å². The number of fused-ring (bicyclic) bond motifs is 1. The van der Waals surface area contributed by atoms with Gasteiger partial charge in [0, 0.05) is 49.9 Å². The Morgan fingerprint density at radius 3 is 2.39 bits per heavy atom. The molecule has 3 aromatic rings. The smallest absolute Gasteiger partial charge is 0.267 e. The fraction of sp³-hybridized carbons (Fsp3) is 0.375. The molecule has 9 heteroatoms.